The summed E-state index contributed by atoms with van der Waals surface area (Å²) in [6, 6.07) is 0.312. The van der Waals surface area contributed by atoms with Crippen molar-refractivity contribution in [3.63, 3.8) is 0 Å². The molecule has 5 nitrogen and oxygen atoms in total. The summed E-state index contributed by atoms with van der Waals surface area (Å²) in [4.78, 5) is 4.17. The third-order valence-electron chi connectivity index (χ3n) is 3.02. The zero-order valence-electron chi connectivity index (χ0n) is 11.0. The molecule has 98 valence electrons. The number of hydrogen-bond acceptors (Lipinski definition) is 4. The number of hydrogen-bond donors (Lipinski definition) is 1. The van der Waals surface area contributed by atoms with Gasteiger partial charge in [-0.05, 0) is 19.4 Å². The zero-order chi connectivity index (χ0) is 12.8. The first-order valence-corrected chi connectivity index (χ1v) is 6.36. The van der Waals surface area contributed by atoms with E-state index >= 15 is 0 Å². The van der Waals surface area contributed by atoms with Gasteiger partial charge in [-0.15, -0.1) is 0 Å². The van der Waals surface area contributed by atoms with E-state index < -0.39 is 0 Å². The highest BCUT2D eigenvalue weighted by molar-refractivity contribution is 5.53. The lowest BCUT2D eigenvalue weighted by molar-refractivity contribution is 0.189. The van der Waals surface area contributed by atoms with E-state index in [4.69, 9.17) is 4.74 Å². The molecule has 2 heterocycles. The van der Waals surface area contributed by atoms with E-state index in [1.54, 1.807) is 13.3 Å². The molecule has 2 aromatic rings. The lowest BCUT2D eigenvalue weighted by Crippen LogP contribution is -2.21. The Morgan fingerprint density at radius 2 is 2.33 bits per heavy atom. The minimum atomic E-state index is 0.312. The second-order valence-corrected chi connectivity index (χ2v) is 4.25. The van der Waals surface area contributed by atoms with Crippen LogP contribution < -0.4 is 5.32 Å². The molecule has 1 unspecified atom stereocenters. The largest absolute Gasteiger partial charge is 0.385 e. The van der Waals surface area contributed by atoms with Gasteiger partial charge in [0, 0.05) is 37.7 Å². The van der Waals surface area contributed by atoms with Gasteiger partial charge < -0.3 is 10.1 Å². The SMILES string of the molecule is CCNC(CCCOC)c1cnn2ccncc12. The van der Waals surface area contributed by atoms with E-state index in [2.05, 4.69) is 22.3 Å². The topological polar surface area (TPSA) is 51.5 Å². The molecule has 0 aromatic carbocycles. The van der Waals surface area contributed by atoms with E-state index in [0.717, 1.165) is 31.5 Å². The fourth-order valence-electron chi connectivity index (χ4n) is 2.17. The molecular weight excluding hydrogens is 228 g/mol. The van der Waals surface area contributed by atoms with Gasteiger partial charge in [0.15, 0.2) is 0 Å². The van der Waals surface area contributed by atoms with E-state index in [1.807, 2.05) is 23.1 Å². The summed E-state index contributed by atoms with van der Waals surface area (Å²) >= 11 is 0. The maximum Gasteiger partial charge on any atom is 0.0892 e. The average Bonchev–Trinajstić information content (AvgIpc) is 2.82. The third-order valence-corrected chi connectivity index (χ3v) is 3.02. The molecule has 1 atom stereocenters. The lowest BCUT2D eigenvalue weighted by atomic mass is 10.0. The van der Waals surface area contributed by atoms with Crippen LogP contribution >= 0.6 is 0 Å². The molecule has 2 rings (SSSR count). The number of nitrogens with one attached hydrogen (secondary N) is 1. The molecule has 0 spiro atoms. The number of rotatable bonds is 7. The molecule has 0 aliphatic carbocycles. The van der Waals surface area contributed by atoms with Gasteiger partial charge in [-0.2, -0.15) is 5.10 Å². The Labute approximate surface area is 107 Å². The van der Waals surface area contributed by atoms with E-state index in [-0.39, 0.29) is 0 Å². The van der Waals surface area contributed by atoms with Crippen LogP contribution in [-0.2, 0) is 4.74 Å². The number of fused-ring (bicyclic) bond motifs is 1. The number of methoxy groups -OCH3 is 1. The fourth-order valence-corrected chi connectivity index (χ4v) is 2.17. The smallest absolute Gasteiger partial charge is 0.0892 e. The molecule has 0 saturated carbocycles. The van der Waals surface area contributed by atoms with Gasteiger partial charge in [-0.3, -0.25) is 4.98 Å². The summed E-state index contributed by atoms with van der Waals surface area (Å²) in [5.74, 6) is 0. The summed E-state index contributed by atoms with van der Waals surface area (Å²) in [5, 5.41) is 7.85. The normalized spacial score (nSPS) is 13.0. The average molecular weight is 248 g/mol. The lowest BCUT2D eigenvalue weighted by Gasteiger charge is -2.16. The standard InChI is InChI=1S/C13H20N4O/c1-3-15-12(5-4-8-18-2)11-9-16-17-7-6-14-10-13(11)17/h6-7,9-10,12,15H,3-5,8H2,1-2H3. The van der Waals surface area contributed by atoms with Crippen molar-refractivity contribution >= 4 is 5.52 Å². The molecule has 5 heteroatoms. The molecule has 0 aliphatic heterocycles. The van der Waals surface area contributed by atoms with Crippen LogP contribution in [0.5, 0.6) is 0 Å². The van der Waals surface area contributed by atoms with Crippen LogP contribution in [-0.4, -0.2) is 34.9 Å². The minimum Gasteiger partial charge on any atom is -0.385 e. The second-order valence-electron chi connectivity index (χ2n) is 4.25. The molecule has 1 N–H and O–H groups in total. The Balaban J connectivity index is 2.18. The van der Waals surface area contributed by atoms with Gasteiger partial charge in [-0.1, -0.05) is 6.92 Å². The first-order valence-electron chi connectivity index (χ1n) is 6.36. The molecule has 0 aliphatic rings. The van der Waals surface area contributed by atoms with Crippen LogP contribution in [0.2, 0.25) is 0 Å². The highest BCUT2D eigenvalue weighted by atomic mass is 16.5. The first-order chi connectivity index (χ1) is 8.86. The molecule has 0 fully saturated rings. The van der Waals surface area contributed by atoms with Crippen LogP contribution in [0, 0.1) is 0 Å². The van der Waals surface area contributed by atoms with Crippen LogP contribution in [0.1, 0.15) is 31.4 Å². The monoisotopic (exact) mass is 248 g/mol. The van der Waals surface area contributed by atoms with Crippen molar-refractivity contribution in [1.82, 2.24) is 19.9 Å². The Bertz CT molecular complexity index is 483. The van der Waals surface area contributed by atoms with Crippen molar-refractivity contribution in [3.05, 3.63) is 30.4 Å². The number of aromatic nitrogens is 3. The highest BCUT2D eigenvalue weighted by Gasteiger charge is 2.15. The first kappa shape index (κ1) is 13.0. The molecular formula is C13H20N4O. The summed E-state index contributed by atoms with van der Waals surface area (Å²) < 4.78 is 6.98. The van der Waals surface area contributed by atoms with Gasteiger partial charge in [0.05, 0.1) is 17.9 Å². The molecule has 0 amide bonds. The maximum absolute atomic E-state index is 5.11. The third kappa shape index (κ3) is 2.86. The molecule has 2 aromatic heterocycles. The van der Waals surface area contributed by atoms with Crippen molar-refractivity contribution in [1.29, 1.82) is 0 Å². The van der Waals surface area contributed by atoms with E-state index in [1.165, 1.54) is 5.56 Å². The van der Waals surface area contributed by atoms with Crippen molar-refractivity contribution in [2.45, 2.75) is 25.8 Å². The zero-order valence-corrected chi connectivity index (χ0v) is 11.0. The Hall–Kier alpha value is -1.46. The van der Waals surface area contributed by atoms with Crippen LogP contribution in [0.3, 0.4) is 0 Å². The predicted octanol–water partition coefficient (Wildman–Crippen LogP) is 1.81. The van der Waals surface area contributed by atoms with Crippen molar-refractivity contribution in [2.75, 3.05) is 20.3 Å². The van der Waals surface area contributed by atoms with Gasteiger partial charge >= 0.3 is 0 Å². The summed E-state index contributed by atoms with van der Waals surface area (Å²) in [7, 11) is 1.74. The van der Waals surface area contributed by atoms with Gasteiger partial charge in [0.2, 0.25) is 0 Å². The fraction of sp³-hybridized carbons (Fsp3) is 0.538. The Kier molecular flexibility index (Phi) is 4.66. The van der Waals surface area contributed by atoms with Crippen LogP contribution in [0.25, 0.3) is 5.52 Å². The number of ether oxygens (including phenoxy) is 1. The van der Waals surface area contributed by atoms with Gasteiger partial charge in [0.25, 0.3) is 0 Å². The van der Waals surface area contributed by atoms with E-state index in [9.17, 15) is 0 Å². The highest BCUT2D eigenvalue weighted by Crippen LogP contribution is 2.22. The second kappa shape index (κ2) is 6.47. The Morgan fingerprint density at radius 1 is 1.44 bits per heavy atom. The van der Waals surface area contributed by atoms with Crippen molar-refractivity contribution in [2.24, 2.45) is 0 Å². The molecule has 0 radical (unpaired) electrons. The van der Waals surface area contributed by atoms with Gasteiger partial charge in [-0.25, -0.2) is 4.52 Å². The molecule has 18 heavy (non-hydrogen) atoms. The molecule has 0 bridgehead atoms. The number of nitrogens with zero attached hydrogens (tertiary/aromatic N) is 3. The minimum absolute atomic E-state index is 0.312. The van der Waals surface area contributed by atoms with Crippen LogP contribution in [0.15, 0.2) is 24.8 Å². The Morgan fingerprint density at radius 3 is 3.11 bits per heavy atom. The van der Waals surface area contributed by atoms with Crippen LogP contribution in [0.4, 0.5) is 0 Å². The van der Waals surface area contributed by atoms with Crippen molar-refractivity contribution < 1.29 is 4.74 Å². The quantitative estimate of drug-likeness (QED) is 0.759. The van der Waals surface area contributed by atoms with Crippen molar-refractivity contribution in [3.8, 4) is 0 Å². The van der Waals surface area contributed by atoms with Gasteiger partial charge in [0.1, 0.15) is 0 Å². The predicted molar refractivity (Wildman–Crippen MR) is 70.5 cm³/mol. The van der Waals surface area contributed by atoms with E-state index in [0.29, 0.717) is 6.04 Å². The molecule has 0 saturated heterocycles. The summed E-state index contributed by atoms with van der Waals surface area (Å²) in [5.41, 5.74) is 2.28. The summed E-state index contributed by atoms with van der Waals surface area (Å²) in [6.07, 6.45) is 9.48. The maximum atomic E-state index is 5.11. The summed E-state index contributed by atoms with van der Waals surface area (Å²) in [6.45, 7) is 3.85.